The molecule has 0 atom stereocenters. The molecule has 182 valence electrons. The van der Waals surface area contributed by atoms with Gasteiger partial charge >= 0.3 is 5.69 Å². The van der Waals surface area contributed by atoms with Crippen molar-refractivity contribution in [2.45, 2.75) is 0 Å². The maximum absolute atomic E-state index is 12.3. The summed E-state index contributed by atoms with van der Waals surface area (Å²) in [5.41, 5.74) is 0.800. The van der Waals surface area contributed by atoms with Gasteiger partial charge < -0.3 is 14.9 Å². The van der Waals surface area contributed by atoms with Crippen LogP contribution in [0.3, 0.4) is 0 Å². The fourth-order valence-corrected chi connectivity index (χ4v) is 4.50. The van der Waals surface area contributed by atoms with E-state index < -0.39 is 15.7 Å². The lowest BCUT2D eigenvalue weighted by molar-refractivity contribution is 0.257. The van der Waals surface area contributed by atoms with Gasteiger partial charge in [0.1, 0.15) is 5.82 Å². The zero-order chi connectivity index (χ0) is 24.2. The van der Waals surface area contributed by atoms with Gasteiger partial charge in [0.2, 0.25) is 10.0 Å². The summed E-state index contributed by atoms with van der Waals surface area (Å²) < 4.78 is 27.7. The molecule has 1 aliphatic rings. The van der Waals surface area contributed by atoms with Gasteiger partial charge in [0, 0.05) is 77.3 Å². The Labute approximate surface area is 193 Å². The van der Waals surface area contributed by atoms with Crippen molar-refractivity contribution in [3.8, 4) is 0 Å². The summed E-state index contributed by atoms with van der Waals surface area (Å²) >= 11 is 0. The number of piperazine rings is 1. The molecule has 1 aromatic carbocycles. The molecule has 0 unspecified atom stereocenters. The van der Waals surface area contributed by atoms with Crippen LogP contribution in [0.1, 0.15) is 0 Å². The summed E-state index contributed by atoms with van der Waals surface area (Å²) in [6.45, 7) is 4.88. The standard InChI is InChI=1S/C21H32N6O5S/c1-23-19(16-20(29)24(2)21(23)30)27(14-15-28)13-10-25-8-11-26(12-9-25)18-6-4-17(5-7-18)22-33(3,31)32/h4-7,16,22,28H,8-15H2,1-3H3. The van der Waals surface area contributed by atoms with Gasteiger partial charge in [0.05, 0.1) is 12.9 Å². The van der Waals surface area contributed by atoms with E-state index in [0.29, 0.717) is 24.6 Å². The quantitative estimate of drug-likeness (QED) is 0.473. The summed E-state index contributed by atoms with van der Waals surface area (Å²) in [4.78, 5) is 30.8. The van der Waals surface area contributed by atoms with E-state index in [-0.39, 0.29) is 12.2 Å². The predicted molar refractivity (Wildman–Crippen MR) is 130 cm³/mol. The van der Waals surface area contributed by atoms with E-state index in [1.54, 1.807) is 19.2 Å². The van der Waals surface area contributed by atoms with Crippen molar-refractivity contribution in [2.24, 2.45) is 14.1 Å². The van der Waals surface area contributed by atoms with Crippen molar-refractivity contribution in [1.29, 1.82) is 0 Å². The highest BCUT2D eigenvalue weighted by Crippen LogP contribution is 2.20. The van der Waals surface area contributed by atoms with E-state index in [9.17, 15) is 23.1 Å². The Kier molecular flexibility index (Phi) is 7.82. The van der Waals surface area contributed by atoms with Crippen molar-refractivity contribution < 1.29 is 13.5 Å². The Hall–Kier alpha value is -2.83. The van der Waals surface area contributed by atoms with Crippen LogP contribution in [0.5, 0.6) is 0 Å². The van der Waals surface area contributed by atoms with Crippen molar-refractivity contribution in [3.63, 3.8) is 0 Å². The number of nitrogens with zero attached hydrogens (tertiary/aromatic N) is 5. The molecule has 0 spiro atoms. The van der Waals surface area contributed by atoms with Gasteiger partial charge in [-0.1, -0.05) is 0 Å². The van der Waals surface area contributed by atoms with Gasteiger partial charge in [-0.3, -0.25) is 23.6 Å². The van der Waals surface area contributed by atoms with E-state index in [4.69, 9.17) is 0 Å². The number of benzene rings is 1. The Morgan fingerprint density at radius 1 is 1.00 bits per heavy atom. The van der Waals surface area contributed by atoms with Crippen LogP contribution in [0.2, 0.25) is 0 Å². The minimum atomic E-state index is -3.30. The lowest BCUT2D eigenvalue weighted by atomic mass is 10.2. The monoisotopic (exact) mass is 480 g/mol. The van der Waals surface area contributed by atoms with E-state index in [1.807, 2.05) is 17.0 Å². The Bertz CT molecular complexity index is 1170. The molecule has 33 heavy (non-hydrogen) atoms. The number of aromatic nitrogens is 2. The highest BCUT2D eigenvalue weighted by Gasteiger charge is 2.19. The second-order valence-corrected chi connectivity index (χ2v) is 9.95. The van der Waals surface area contributed by atoms with E-state index in [1.165, 1.54) is 17.7 Å². The number of rotatable bonds is 9. The van der Waals surface area contributed by atoms with Gasteiger partial charge in [-0.15, -0.1) is 0 Å². The van der Waals surface area contributed by atoms with Gasteiger partial charge in [0.15, 0.2) is 0 Å². The largest absolute Gasteiger partial charge is 0.395 e. The molecule has 1 fully saturated rings. The van der Waals surface area contributed by atoms with Crippen LogP contribution in [-0.4, -0.2) is 86.2 Å². The predicted octanol–water partition coefficient (Wildman–Crippen LogP) is -0.924. The van der Waals surface area contributed by atoms with Crippen molar-refractivity contribution >= 4 is 27.2 Å². The Morgan fingerprint density at radius 2 is 1.64 bits per heavy atom. The fourth-order valence-electron chi connectivity index (χ4n) is 3.93. The molecule has 11 nitrogen and oxygen atoms in total. The van der Waals surface area contributed by atoms with Gasteiger partial charge in [0.25, 0.3) is 5.56 Å². The third kappa shape index (κ3) is 6.36. The molecule has 1 saturated heterocycles. The van der Waals surface area contributed by atoms with Crippen molar-refractivity contribution in [2.75, 3.05) is 73.2 Å². The molecule has 2 heterocycles. The molecule has 0 amide bonds. The molecule has 0 bridgehead atoms. The Balaban J connectivity index is 1.58. The number of sulfonamides is 1. The smallest absolute Gasteiger partial charge is 0.332 e. The normalized spacial score (nSPS) is 15.0. The topological polar surface area (TPSA) is 120 Å². The maximum atomic E-state index is 12.3. The van der Waals surface area contributed by atoms with Crippen LogP contribution in [-0.2, 0) is 24.1 Å². The van der Waals surface area contributed by atoms with E-state index in [0.717, 1.165) is 49.2 Å². The molecule has 0 saturated carbocycles. The summed E-state index contributed by atoms with van der Waals surface area (Å²) in [7, 11) is -0.230. The highest BCUT2D eigenvalue weighted by atomic mass is 32.2. The van der Waals surface area contributed by atoms with Gasteiger partial charge in [-0.25, -0.2) is 13.2 Å². The average molecular weight is 481 g/mol. The zero-order valence-electron chi connectivity index (χ0n) is 19.3. The summed E-state index contributed by atoms with van der Waals surface area (Å²) in [6, 6.07) is 8.75. The van der Waals surface area contributed by atoms with E-state index >= 15 is 0 Å². The highest BCUT2D eigenvalue weighted by molar-refractivity contribution is 7.92. The molecule has 2 aromatic rings. The molecule has 12 heteroatoms. The third-order valence-electron chi connectivity index (χ3n) is 5.79. The molecule has 2 N–H and O–H groups in total. The second-order valence-electron chi connectivity index (χ2n) is 8.20. The minimum absolute atomic E-state index is 0.0820. The molecule has 1 aliphatic heterocycles. The summed E-state index contributed by atoms with van der Waals surface area (Å²) in [6.07, 6.45) is 1.12. The molecular weight excluding hydrogens is 448 g/mol. The number of nitrogens with one attached hydrogen (secondary N) is 1. The molecule has 3 rings (SSSR count). The summed E-state index contributed by atoms with van der Waals surface area (Å²) in [5.74, 6) is 0.499. The average Bonchev–Trinajstić information content (AvgIpc) is 2.78. The number of aliphatic hydroxyl groups is 1. The number of hydrogen-bond donors (Lipinski definition) is 2. The first-order valence-corrected chi connectivity index (χ1v) is 12.7. The summed E-state index contributed by atoms with van der Waals surface area (Å²) in [5, 5.41) is 9.49. The first kappa shape index (κ1) is 24.8. The van der Waals surface area contributed by atoms with Crippen molar-refractivity contribution in [3.05, 3.63) is 51.2 Å². The van der Waals surface area contributed by atoms with Crippen LogP contribution in [0.4, 0.5) is 17.2 Å². The number of aliphatic hydroxyl groups excluding tert-OH is 1. The molecular formula is C21H32N6O5S. The van der Waals surface area contributed by atoms with Crippen LogP contribution >= 0.6 is 0 Å². The second kappa shape index (κ2) is 10.4. The first-order chi connectivity index (χ1) is 15.6. The molecule has 0 aliphatic carbocycles. The zero-order valence-corrected chi connectivity index (χ0v) is 20.1. The van der Waals surface area contributed by atoms with Crippen LogP contribution in [0, 0.1) is 0 Å². The van der Waals surface area contributed by atoms with Crippen LogP contribution < -0.4 is 25.8 Å². The van der Waals surface area contributed by atoms with Crippen LogP contribution in [0.15, 0.2) is 39.9 Å². The lowest BCUT2D eigenvalue weighted by Crippen LogP contribution is -2.49. The Morgan fingerprint density at radius 3 is 2.21 bits per heavy atom. The van der Waals surface area contributed by atoms with E-state index in [2.05, 4.69) is 14.5 Å². The fraction of sp³-hybridized carbons (Fsp3) is 0.524. The minimum Gasteiger partial charge on any atom is -0.395 e. The van der Waals surface area contributed by atoms with Gasteiger partial charge in [-0.05, 0) is 24.3 Å². The third-order valence-corrected chi connectivity index (χ3v) is 6.40. The SMILES string of the molecule is Cn1c(N(CCO)CCN2CCN(c3ccc(NS(C)(=O)=O)cc3)CC2)cc(=O)n(C)c1=O. The van der Waals surface area contributed by atoms with Crippen LogP contribution in [0.25, 0.3) is 0 Å². The molecule has 0 radical (unpaired) electrons. The van der Waals surface area contributed by atoms with Crippen molar-refractivity contribution in [1.82, 2.24) is 14.0 Å². The maximum Gasteiger partial charge on any atom is 0.332 e. The molecule has 1 aromatic heterocycles. The number of hydrogen-bond acceptors (Lipinski definition) is 8. The first-order valence-electron chi connectivity index (χ1n) is 10.8. The number of anilines is 3. The lowest BCUT2D eigenvalue weighted by Gasteiger charge is -2.37. The van der Waals surface area contributed by atoms with Gasteiger partial charge in [-0.2, -0.15) is 0 Å².